The molecule has 7 heteroatoms. The summed E-state index contributed by atoms with van der Waals surface area (Å²) >= 11 is 0. The van der Waals surface area contributed by atoms with Crippen LogP contribution in [0.4, 0.5) is 13.2 Å². The van der Waals surface area contributed by atoms with Crippen LogP contribution in [0.2, 0.25) is 0 Å². The van der Waals surface area contributed by atoms with Gasteiger partial charge in [0, 0.05) is 18.2 Å². The Morgan fingerprint density at radius 3 is 2.52 bits per heavy atom. The molecule has 4 nitrogen and oxygen atoms in total. The molecule has 0 saturated heterocycles. The van der Waals surface area contributed by atoms with Crippen molar-refractivity contribution in [2.75, 3.05) is 0 Å². The summed E-state index contributed by atoms with van der Waals surface area (Å²) < 4.78 is 44.1. The molecule has 3 aromatic rings. The van der Waals surface area contributed by atoms with Gasteiger partial charge < -0.3 is 9.73 Å². The number of carbonyl (C=O) groups is 1. The van der Waals surface area contributed by atoms with E-state index in [1.165, 1.54) is 30.3 Å². The van der Waals surface area contributed by atoms with Gasteiger partial charge in [0.2, 0.25) is 0 Å². The summed E-state index contributed by atoms with van der Waals surface area (Å²) in [5.41, 5.74) is 0.154. The zero-order valence-electron chi connectivity index (χ0n) is 15.0. The molecule has 0 radical (unpaired) electrons. The molecule has 1 amide bonds. The van der Waals surface area contributed by atoms with E-state index in [-0.39, 0.29) is 29.2 Å². The standard InChI is InChI=1S/C22H15F3N2O2/c23-22(24,25)18-8-4-7-16(11-18)20-10-9-19(29-20)12-17(13-26)21(28)27-14-15-5-2-1-3-6-15/h1-12H,14H2,(H,27,28)/b17-12+. The predicted octanol–water partition coefficient (Wildman–Crippen LogP) is 5.19. The first-order chi connectivity index (χ1) is 13.9. The quantitative estimate of drug-likeness (QED) is 0.477. The summed E-state index contributed by atoms with van der Waals surface area (Å²) in [6.45, 7) is 0.256. The summed E-state index contributed by atoms with van der Waals surface area (Å²) in [6, 6.07) is 18.7. The molecule has 2 aromatic carbocycles. The predicted molar refractivity (Wildman–Crippen MR) is 101 cm³/mol. The van der Waals surface area contributed by atoms with Gasteiger partial charge in [0.25, 0.3) is 5.91 Å². The smallest absolute Gasteiger partial charge is 0.416 e. The number of nitrogens with one attached hydrogen (secondary N) is 1. The second-order valence-corrected chi connectivity index (χ2v) is 6.12. The summed E-state index contributed by atoms with van der Waals surface area (Å²) in [5, 5.41) is 11.9. The Morgan fingerprint density at radius 1 is 1.07 bits per heavy atom. The Balaban J connectivity index is 1.76. The first-order valence-electron chi connectivity index (χ1n) is 8.58. The van der Waals surface area contributed by atoms with Gasteiger partial charge in [0.15, 0.2) is 0 Å². The highest BCUT2D eigenvalue weighted by Crippen LogP contribution is 2.32. The molecule has 1 heterocycles. The van der Waals surface area contributed by atoms with Crippen molar-refractivity contribution in [3.8, 4) is 17.4 Å². The second-order valence-electron chi connectivity index (χ2n) is 6.12. The number of hydrogen-bond acceptors (Lipinski definition) is 3. The minimum absolute atomic E-state index is 0.175. The summed E-state index contributed by atoms with van der Waals surface area (Å²) in [7, 11) is 0. The summed E-state index contributed by atoms with van der Waals surface area (Å²) in [6.07, 6.45) is -3.21. The van der Waals surface area contributed by atoms with E-state index in [1.807, 2.05) is 30.3 Å². The van der Waals surface area contributed by atoms with Gasteiger partial charge in [-0.15, -0.1) is 0 Å². The van der Waals surface area contributed by atoms with Gasteiger partial charge in [-0.05, 0) is 29.8 Å². The van der Waals surface area contributed by atoms with Crippen LogP contribution in [0.25, 0.3) is 17.4 Å². The monoisotopic (exact) mass is 396 g/mol. The van der Waals surface area contributed by atoms with Crippen LogP contribution in [0.5, 0.6) is 0 Å². The number of amides is 1. The zero-order valence-corrected chi connectivity index (χ0v) is 15.0. The summed E-state index contributed by atoms with van der Waals surface area (Å²) in [5.74, 6) is -0.193. The minimum Gasteiger partial charge on any atom is -0.457 e. The van der Waals surface area contributed by atoms with E-state index in [0.717, 1.165) is 17.7 Å². The molecule has 1 aromatic heterocycles. The second kappa shape index (κ2) is 8.48. The highest BCUT2D eigenvalue weighted by molar-refractivity contribution is 6.01. The van der Waals surface area contributed by atoms with E-state index in [2.05, 4.69) is 5.32 Å². The molecule has 0 atom stereocenters. The van der Waals surface area contributed by atoms with Crippen molar-refractivity contribution in [1.82, 2.24) is 5.32 Å². The fourth-order valence-electron chi connectivity index (χ4n) is 2.60. The Bertz CT molecular complexity index is 1080. The van der Waals surface area contributed by atoms with Gasteiger partial charge in [0.1, 0.15) is 23.2 Å². The maximum Gasteiger partial charge on any atom is 0.416 e. The first kappa shape index (κ1) is 20.0. The van der Waals surface area contributed by atoms with Crippen LogP contribution in [-0.4, -0.2) is 5.91 Å². The molecule has 0 spiro atoms. The van der Waals surface area contributed by atoms with Crippen molar-refractivity contribution in [2.24, 2.45) is 0 Å². The third-order valence-corrected chi connectivity index (χ3v) is 4.05. The van der Waals surface area contributed by atoms with E-state index in [1.54, 1.807) is 6.07 Å². The molecule has 0 aliphatic heterocycles. The van der Waals surface area contributed by atoms with Crippen LogP contribution >= 0.6 is 0 Å². The molecule has 0 unspecified atom stereocenters. The topological polar surface area (TPSA) is 66.0 Å². The molecule has 0 bridgehead atoms. The minimum atomic E-state index is -4.46. The molecule has 0 aliphatic rings. The lowest BCUT2D eigenvalue weighted by Gasteiger charge is -2.07. The van der Waals surface area contributed by atoms with E-state index < -0.39 is 17.6 Å². The molecule has 1 N–H and O–H groups in total. The zero-order chi connectivity index (χ0) is 20.9. The van der Waals surface area contributed by atoms with Crippen molar-refractivity contribution < 1.29 is 22.4 Å². The Labute approximate surface area is 164 Å². The van der Waals surface area contributed by atoms with Gasteiger partial charge >= 0.3 is 6.18 Å². The van der Waals surface area contributed by atoms with Crippen molar-refractivity contribution >= 4 is 12.0 Å². The van der Waals surface area contributed by atoms with E-state index in [9.17, 15) is 23.2 Å². The molecule has 3 rings (SSSR count). The van der Waals surface area contributed by atoms with Crippen molar-refractivity contribution in [3.05, 3.63) is 89.2 Å². The van der Waals surface area contributed by atoms with Crippen LogP contribution < -0.4 is 5.32 Å². The van der Waals surface area contributed by atoms with Crippen molar-refractivity contribution in [2.45, 2.75) is 12.7 Å². The normalized spacial score (nSPS) is 11.7. The van der Waals surface area contributed by atoms with Gasteiger partial charge in [-0.1, -0.05) is 42.5 Å². The number of benzene rings is 2. The third-order valence-electron chi connectivity index (χ3n) is 4.05. The lowest BCUT2D eigenvalue weighted by Crippen LogP contribution is -2.23. The van der Waals surface area contributed by atoms with Gasteiger partial charge in [-0.25, -0.2) is 0 Å². The van der Waals surface area contributed by atoms with E-state index in [0.29, 0.717) is 0 Å². The number of rotatable bonds is 5. The van der Waals surface area contributed by atoms with Crippen molar-refractivity contribution in [1.29, 1.82) is 5.26 Å². The Kier molecular flexibility index (Phi) is 5.84. The van der Waals surface area contributed by atoms with E-state index in [4.69, 9.17) is 4.42 Å². The number of carbonyl (C=O) groups excluding carboxylic acids is 1. The van der Waals surface area contributed by atoms with Gasteiger partial charge in [-0.2, -0.15) is 18.4 Å². The number of nitrogens with zero attached hydrogens (tertiary/aromatic N) is 1. The van der Waals surface area contributed by atoms with Gasteiger partial charge in [0.05, 0.1) is 5.56 Å². The Hall–Kier alpha value is -3.79. The van der Waals surface area contributed by atoms with Crippen LogP contribution in [0, 0.1) is 11.3 Å². The lowest BCUT2D eigenvalue weighted by atomic mass is 10.1. The molecule has 0 saturated carbocycles. The third kappa shape index (κ3) is 5.14. The molecule has 146 valence electrons. The average Bonchev–Trinajstić information content (AvgIpc) is 3.19. The van der Waals surface area contributed by atoms with Crippen LogP contribution in [0.3, 0.4) is 0 Å². The highest BCUT2D eigenvalue weighted by Gasteiger charge is 2.30. The van der Waals surface area contributed by atoms with Crippen LogP contribution in [0.15, 0.2) is 76.7 Å². The number of nitriles is 1. The average molecular weight is 396 g/mol. The fraction of sp³-hybridized carbons (Fsp3) is 0.0909. The molecule has 0 aliphatic carbocycles. The number of halogens is 3. The van der Waals surface area contributed by atoms with Crippen molar-refractivity contribution in [3.63, 3.8) is 0 Å². The van der Waals surface area contributed by atoms with Gasteiger partial charge in [-0.3, -0.25) is 4.79 Å². The van der Waals surface area contributed by atoms with Crippen LogP contribution in [-0.2, 0) is 17.5 Å². The van der Waals surface area contributed by atoms with Crippen LogP contribution in [0.1, 0.15) is 16.9 Å². The highest BCUT2D eigenvalue weighted by atomic mass is 19.4. The first-order valence-corrected chi connectivity index (χ1v) is 8.58. The molecular formula is C22H15F3N2O2. The number of alkyl halides is 3. The number of hydrogen-bond donors (Lipinski definition) is 1. The molecule has 0 fully saturated rings. The lowest BCUT2D eigenvalue weighted by molar-refractivity contribution is -0.137. The van der Waals surface area contributed by atoms with E-state index >= 15 is 0 Å². The Morgan fingerprint density at radius 2 is 1.83 bits per heavy atom. The summed E-state index contributed by atoms with van der Waals surface area (Å²) in [4.78, 5) is 12.2. The maximum atomic E-state index is 12.9. The SMILES string of the molecule is N#C/C(=C\c1ccc(-c2cccc(C(F)(F)F)c2)o1)C(=O)NCc1ccccc1. The maximum absolute atomic E-state index is 12.9. The largest absolute Gasteiger partial charge is 0.457 e. The molecule has 29 heavy (non-hydrogen) atoms. The number of furan rings is 1. The fourth-order valence-corrected chi connectivity index (χ4v) is 2.60. The molecular weight excluding hydrogens is 381 g/mol.